The van der Waals surface area contributed by atoms with Crippen LogP contribution in [0.25, 0.3) is 0 Å². The highest BCUT2D eigenvalue weighted by Gasteiger charge is 2.13. The minimum Gasteiger partial charge on any atom is -0.331 e. The van der Waals surface area contributed by atoms with Crippen LogP contribution in [0.15, 0.2) is 53.0 Å². The number of carbonyl (C=O) groups is 1. The highest BCUT2D eigenvalue weighted by Crippen LogP contribution is 2.22. The normalized spacial score (nSPS) is 11.8. The zero-order valence-corrected chi connectivity index (χ0v) is 13.8. The highest BCUT2D eigenvalue weighted by molar-refractivity contribution is 9.10. The Bertz CT molecular complexity index is 610. The first-order chi connectivity index (χ1) is 10.1. The number of carbonyl (C=O) groups excluding carboxylic acids is 1. The summed E-state index contributed by atoms with van der Waals surface area (Å²) in [6.45, 7) is 4.11. The van der Waals surface area contributed by atoms with E-state index in [1.165, 1.54) is 5.56 Å². The molecule has 0 saturated heterocycles. The van der Waals surface area contributed by atoms with Crippen LogP contribution in [-0.4, -0.2) is 6.03 Å². The third kappa shape index (κ3) is 4.33. The van der Waals surface area contributed by atoms with Crippen molar-refractivity contribution >= 4 is 27.6 Å². The maximum atomic E-state index is 12.1. The molecule has 4 heteroatoms. The molecule has 0 radical (unpaired) electrons. The molecular weight excluding hydrogens is 328 g/mol. The number of rotatable bonds is 4. The van der Waals surface area contributed by atoms with Gasteiger partial charge in [-0.15, -0.1) is 0 Å². The molecule has 2 aromatic carbocycles. The summed E-state index contributed by atoms with van der Waals surface area (Å²) in [6, 6.07) is 15.6. The summed E-state index contributed by atoms with van der Waals surface area (Å²) in [4.78, 5) is 12.1. The number of amides is 2. The summed E-state index contributed by atoms with van der Waals surface area (Å²) in [5.41, 5.74) is 3.09. The largest absolute Gasteiger partial charge is 0.331 e. The number of hydrogen-bond acceptors (Lipinski definition) is 1. The molecule has 110 valence electrons. The molecule has 0 spiro atoms. The number of hydrogen-bond donors (Lipinski definition) is 2. The van der Waals surface area contributed by atoms with Gasteiger partial charge in [-0.05, 0) is 47.0 Å². The molecule has 0 aliphatic heterocycles. The Morgan fingerprint density at radius 2 is 1.81 bits per heavy atom. The van der Waals surface area contributed by atoms with E-state index in [-0.39, 0.29) is 12.1 Å². The maximum Gasteiger partial charge on any atom is 0.319 e. The van der Waals surface area contributed by atoms with Crippen LogP contribution in [-0.2, 0) is 0 Å². The van der Waals surface area contributed by atoms with Crippen molar-refractivity contribution < 1.29 is 4.79 Å². The number of benzene rings is 2. The third-order valence-corrected chi connectivity index (χ3v) is 4.01. The average Bonchev–Trinajstić information content (AvgIpc) is 2.48. The van der Waals surface area contributed by atoms with Gasteiger partial charge in [-0.1, -0.05) is 48.9 Å². The second-order valence-electron chi connectivity index (χ2n) is 4.95. The molecule has 0 bridgehead atoms. The van der Waals surface area contributed by atoms with E-state index in [0.29, 0.717) is 0 Å². The van der Waals surface area contributed by atoms with E-state index < -0.39 is 0 Å². The van der Waals surface area contributed by atoms with Crippen molar-refractivity contribution in [1.82, 2.24) is 5.32 Å². The van der Waals surface area contributed by atoms with Crippen molar-refractivity contribution in [2.75, 3.05) is 5.32 Å². The van der Waals surface area contributed by atoms with Crippen LogP contribution in [0.2, 0.25) is 0 Å². The zero-order chi connectivity index (χ0) is 15.2. The SMILES string of the molecule is CCC(NC(=O)Nc1ccccc1Br)c1ccc(C)cc1. The van der Waals surface area contributed by atoms with E-state index in [9.17, 15) is 4.79 Å². The molecule has 1 unspecified atom stereocenters. The van der Waals surface area contributed by atoms with Crippen molar-refractivity contribution in [3.05, 3.63) is 64.1 Å². The first kappa shape index (κ1) is 15.6. The number of nitrogens with one attached hydrogen (secondary N) is 2. The zero-order valence-electron chi connectivity index (χ0n) is 12.2. The lowest BCUT2D eigenvalue weighted by Crippen LogP contribution is -2.32. The van der Waals surface area contributed by atoms with Gasteiger partial charge in [0.25, 0.3) is 0 Å². The maximum absolute atomic E-state index is 12.1. The van der Waals surface area contributed by atoms with Gasteiger partial charge in [-0.3, -0.25) is 0 Å². The van der Waals surface area contributed by atoms with E-state index >= 15 is 0 Å². The Kier molecular flexibility index (Phi) is 5.39. The fourth-order valence-electron chi connectivity index (χ4n) is 2.10. The molecule has 1 atom stereocenters. The summed E-state index contributed by atoms with van der Waals surface area (Å²) < 4.78 is 0.864. The molecule has 0 aromatic heterocycles. The van der Waals surface area contributed by atoms with Crippen molar-refractivity contribution in [2.45, 2.75) is 26.3 Å². The van der Waals surface area contributed by atoms with Gasteiger partial charge in [-0.2, -0.15) is 0 Å². The number of urea groups is 1. The fraction of sp³-hybridized carbons (Fsp3) is 0.235. The summed E-state index contributed by atoms with van der Waals surface area (Å²) in [5, 5.41) is 5.87. The molecule has 21 heavy (non-hydrogen) atoms. The minimum atomic E-state index is -0.200. The van der Waals surface area contributed by atoms with Crippen molar-refractivity contribution in [1.29, 1.82) is 0 Å². The lowest BCUT2D eigenvalue weighted by molar-refractivity contribution is 0.248. The monoisotopic (exact) mass is 346 g/mol. The Labute approximate surface area is 133 Å². The van der Waals surface area contributed by atoms with Gasteiger partial charge in [0, 0.05) is 4.47 Å². The van der Waals surface area contributed by atoms with E-state index in [1.807, 2.05) is 24.3 Å². The Morgan fingerprint density at radius 1 is 1.14 bits per heavy atom. The first-order valence-electron chi connectivity index (χ1n) is 6.98. The lowest BCUT2D eigenvalue weighted by Gasteiger charge is -2.18. The lowest BCUT2D eigenvalue weighted by atomic mass is 10.0. The van der Waals surface area contributed by atoms with E-state index in [0.717, 1.165) is 22.1 Å². The van der Waals surface area contributed by atoms with Crippen LogP contribution >= 0.6 is 15.9 Å². The molecule has 2 aromatic rings. The molecule has 0 heterocycles. The van der Waals surface area contributed by atoms with E-state index in [1.54, 1.807) is 0 Å². The summed E-state index contributed by atoms with van der Waals surface area (Å²) in [6.07, 6.45) is 0.840. The van der Waals surface area contributed by atoms with Crippen molar-refractivity contribution in [2.24, 2.45) is 0 Å². The second-order valence-corrected chi connectivity index (χ2v) is 5.80. The van der Waals surface area contributed by atoms with Gasteiger partial charge < -0.3 is 10.6 Å². The molecule has 0 saturated carbocycles. The minimum absolute atomic E-state index is 0.00749. The Balaban J connectivity index is 2.03. The predicted molar refractivity (Wildman–Crippen MR) is 90.5 cm³/mol. The summed E-state index contributed by atoms with van der Waals surface area (Å²) >= 11 is 3.42. The number of halogens is 1. The summed E-state index contributed by atoms with van der Waals surface area (Å²) in [5.74, 6) is 0. The average molecular weight is 347 g/mol. The van der Waals surface area contributed by atoms with Crippen LogP contribution in [0, 0.1) is 6.92 Å². The molecule has 2 N–H and O–H groups in total. The Morgan fingerprint density at radius 3 is 2.43 bits per heavy atom. The van der Waals surface area contributed by atoms with Crippen LogP contribution in [0.4, 0.5) is 10.5 Å². The number of aryl methyl sites for hydroxylation is 1. The molecular formula is C17H19BrN2O. The van der Waals surface area contributed by atoms with Gasteiger partial charge in [0.15, 0.2) is 0 Å². The quantitative estimate of drug-likeness (QED) is 0.800. The standard InChI is InChI=1S/C17H19BrN2O/c1-3-15(13-10-8-12(2)9-11-13)19-17(21)20-16-7-5-4-6-14(16)18/h4-11,15H,3H2,1-2H3,(H2,19,20,21). The van der Waals surface area contributed by atoms with Crippen LogP contribution in [0.5, 0.6) is 0 Å². The first-order valence-corrected chi connectivity index (χ1v) is 7.78. The molecule has 0 fully saturated rings. The molecule has 3 nitrogen and oxygen atoms in total. The second kappa shape index (κ2) is 7.27. The number of para-hydroxylation sites is 1. The molecule has 2 amide bonds. The van der Waals surface area contributed by atoms with Crippen molar-refractivity contribution in [3.63, 3.8) is 0 Å². The third-order valence-electron chi connectivity index (χ3n) is 3.32. The van der Waals surface area contributed by atoms with Crippen molar-refractivity contribution in [3.8, 4) is 0 Å². The van der Waals surface area contributed by atoms with Crippen LogP contribution in [0.3, 0.4) is 0 Å². The number of anilines is 1. The molecule has 0 aliphatic rings. The predicted octanol–water partition coefficient (Wildman–Crippen LogP) is 5.03. The smallest absolute Gasteiger partial charge is 0.319 e. The van der Waals surface area contributed by atoms with Crippen LogP contribution < -0.4 is 10.6 Å². The molecule has 0 aliphatic carbocycles. The van der Waals surface area contributed by atoms with E-state index in [4.69, 9.17) is 0 Å². The Hall–Kier alpha value is -1.81. The topological polar surface area (TPSA) is 41.1 Å². The van der Waals surface area contributed by atoms with Gasteiger partial charge in [0.05, 0.1) is 11.7 Å². The van der Waals surface area contributed by atoms with Gasteiger partial charge in [-0.25, -0.2) is 4.79 Å². The van der Waals surface area contributed by atoms with Gasteiger partial charge >= 0.3 is 6.03 Å². The summed E-state index contributed by atoms with van der Waals surface area (Å²) in [7, 11) is 0. The molecule has 2 rings (SSSR count). The highest BCUT2D eigenvalue weighted by atomic mass is 79.9. The fourth-order valence-corrected chi connectivity index (χ4v) is 2.48. The van der Waals surface area contributed by atoms with Gasteiger partial charge in [0.2, 0.25) is 0 Å². The van der Waals surface area contributed by atoms with E-state index in [2.05, 4.69) is 64.7 Å². The van der Waals surface area contributed by atoms with Crippen LogP contribution in [0.1, 0.15) is 30.5 Å². The van der Waals surface area contributed by atoms with Gasteiger partial charge in [0.1, 0.15) is 0 Å².